The summed E-state index contributed by atoms with van der Waals surface area (Å²) in [5, 5.41) is 4.56. The summed E-state index contributed by atoms with van der Waals surface area (Å²) >= 11 is 1.41. The molecule has 0 fully saturated rings. The Hall–Kier alpha value is -3.13. The maximum atomic E-state index is 12.9. The molecular formula is C24H27N3O4S. The number of benzene rings is 1. The Bertz CT molecular complexity index is 1260. The first kappa shape index (κ1) is 22.1. The standard InChI is InChI=1S/C24H27N3O4S/c1-13(2)31-16-5-7-17-15(11-16)8-9-27(24(17)30)12-20(28)26-23-21(22(25)29)18-6-4-14(3)10-19(18)32-23/h5,7-9,11,13-14H,4,6,10,12H2,1-3H3,(H2,25,29)(H,26,28). The van der Waals surface area contributed by atoms with E-state index in [9.17, 15) is 14.4 Å². The number of nitrogens with one attached hydrogen (secondary N) is 1. The molecule has 2 amide bonds. The Labute approximate surface area is 190 Å². The van der Waals surface area contributed by atoms with Crippen LogP contribution in [0.3, 0.4) is 0 Å². The SMILES string of the molecule is CC1CCc2c(sc(NC(=O)Cn3ccc4cc(OC(C)C)ccc4c3=O)c2C(N)=O)C1. The number of aromatic nitrogens is 1. The number of carbonyl (C=O) groups is 2. The molecule has 0 radical (unpaired) electrons. The minimum absolute atomic E-state index is 0.0351. The highest BCUT2D eigenvalue weighted by atomic mass is 32.1. The molecule has 0 saturated carbocycles. The van der Waals surface area contributed by atoms with E-state index in [2.05, 4.69) is 12.2 Å². The van der Waals surface area contributed by atoms with Crippen molar-refractivity contribution >= 4 is 38.9 Å². The van der Waals surface area contributed by atoms with Gasteiger partial charge in [0.2, 0.25) is 5.91 Å². The average molecular weight is 454 g/mol. The number of ether oxygens (including phenoxy) is 1. The van der Waals surface area contributed by atoms with E-state index in [4.69, 9.17) is 10.5 Å². The Kier molecular flexibility index (Phi) is 6.06. The summed E-state index contributed by atoms with van der Waals surface area (Å²) in [6.45, 7) is 5.90. The van der Waals surface area contributed by atoms with E-state index >= 15 is 0 Å². The van der Waals surface area contributed by atoms with Crippen LogP contribution in [0.1, 0.15) is 48.0 Å². The summed E-state index contributed by atoms with van der Waals surface area (Å²) in [6.07, 6.45) is 4.29. The fraction of sp³-hybridized carbons (Fsp3) is 0.375. The molecule has 0 aliphatic heterocycles. The molecule has 32 heavy (non-hydrogen) atoms. The molecule has 2 heterocycles. The Balaban J connectivity index is 1.56. The number of hydrogen-bond acceptors (Lipinski definition) is 5. The fourth-order valence-corrected chi connectivity index (χ4v) is 5.59. The molecule has 3 aromatic rings. The van der Waals surface area contributed by atoms with Crippen molar-refractivity contribution in [2.45, 2.75) is 52.7 Å². The summed E-state index contributed by atoms with van der Waals surface area (Å²) in [7, 11) is 0. The van der Waals surface area contributed by atoms with E-state index in [1.807, 2.05) is 19.9 Å². The summed E-state index contributed by atoms with van der Waals surface area (Å²) < 4.78 is 7.05. The Morgan fingerprint density at radius 2 is 2.09 bits per heavy atom. The van der Waals surface area contributed by atoms with Gasteiger partial charge in [-0.2, -0.15) is 0 Å². The second-order valence-corrected chi connectivity index (χ2v) is 9.74. The van der Waals surface area contributed by atoms with Gasteiger partial charge in [-0.1, -0.05) is 6.92 Å². The quantitative estimate of drug-likeness (QED) is 0.594. The van der Waals surface area contributed by atoms with Crippen LogP contribution in [-0.2, 0) is 24.2 Å². The van der Waals surface area contributed by atoms with E-state index < -0.39 is 5.91 Å². The van der Waals surface area contributed by atoms with Crippen LogP contribution in [0.2, 0.25) is 0 Å². The number of rotatable bonds is 6. The van der Waals surface area contributed by atoms with Crippen molar-refractivity contribution in [1.29, 1.82) is 0 Å². The first-order valence-corrected chi connectivity index (χ1v) is 11.6. The van der Waals surface area contributed by atoms with Crippen molar-refractivity contribution in [3.63, 3.8) is 0 Å². The normalized spacial score (nSPS) is 15.6. The lowest BCUT2D eigenvalue weighted by Gasteiger charge is -2.18. The van der Waals surface area contributed by atoms with Gasteiger partial charge in [0.1, 0.15) is 17.3 Å². The number of anilines is 1. The molecule has 2 aromatic heterocycles. The minimum Gasteiger partial charge on any atom is -0.491 e. The molecule has 168 valence electrons. The second kappa shape index (κ2) is 8.78. The highest BCUT2D eigenvalue weighted by Crippen LogP contribution is 2.39. The van der Waals surface area contributed by atoms with Crippen LogP contribution in [-0.4, -0.2) is 22.5 Å². The van der Waals surface area contributed by atoms with Gasteiger partial charge in [-0.25, -0.2) is 0 Å². The molecule has 7 nitrogen and oxygen atoms in total. The molecule has 1 unspecified atom stereocenters. The first-order valence-electron chi connectivity index (χ1n) is 10.8. The molecule has 1 aliphatic carbocycles. The Morgan fingerprint density at radius 3 is 2.81 bits per heavy atom. The smallest absolute Gasteiger partial charge is 0.258 e. The van der Waals surface area contributed by atoms with Gasteiger partial charge in [0.05, 0.1) is 11.7 Å². The average Bonchev–Trinajstić information content (AvgIpc) is 3.06. The third kappa shape index (κ3) is 4.41. The van der Waals surface area contributed by atoms with Crippen molar-refractivity contribution in [1.82, 2.24) is 4.57 Å². The third-order valence-corrected chi connectivity index (χ3v) is 6.81. The lowest BCUT2D eigenvalue weighted by molar-refractivity contribution is -0.116. The van der Waals surface area contributed by atoms with Crippen LogP contribution in [0.5, 0.6) is 5.75 Å². The van der Waals surface area contributed by atoms with Crippen molar-refractivity contribution < 1.29 is 14.3 Å². The van der Waals surface area contributed by atoms with Gasteiger partial charge in [0.15, 0.2) is 0 Å². The zero-order valence-electron chi connectivity index (χ0n) is 18.4. The van der Waals surface area contributed by atoms with E-state index in [0.717, 1.165) is 35.1 Å². The zero-order valence-corrected chi connectivity index (χ0v) is 19.3. The lowest BCUT2D eigenvalue weighted by atomic mass is 9.88. The molecule has 1 aromatic carbocycles. The van der Waals surface area contributed by atoms with E-state index in [0.29, 0.717) is 27.6 Å². The predicted octanol–water partition coefficient (Wildman–Crippen LogP) is 3.71. The van der Waals surface area contributed by atoms with Crippen LogP contribution in [0.15, 0.2) is 35.3 Å². The fourth-order valence-electron chi connectivity index (χ4n) is 4.16. The number of pyridine rings is 1. The highest BCUT2D eigenvalue weighted by Gasteiger charge is 2.27. The molecule has 1 atom stereocenters. The maximum Gasteiger partial charge on any atom is 0.258 e. The lowest BCUT2D eigenvalue weighted by Crippen LogP contribution is -2.27. The third-order valence-electron chi connectivity index (χ3n) is 5.65. The van der Waals surface area contributed by atoms with Crippen LogP contribution in [0.25, 0.3) is 10.8 Å². The Morgan fingerprint density at radius 1 is 1.31 bits per heavy atom. The molecule has 8 heteroatoms. The number of thiophene rings is 1. The van der Waals surface area contributed by atoms with Crippen LogP contribution >= 0.6 is 11.3 Å². The molecule has 0 saturated heterocycles. The summed E-state index contributed by atoms with van der Waals surface area (Å²) in [4.78, 5) is 38.8. The molecule has 0 spiro atoms. The maximum absolute atomic E-state index is 12.9. The highest BCUT2D eigenvalue weighted by molar-refractivity contribution is 7.17. The number of primary amides is 1. The molecule has 3 N–H and O–H groups in total. The number of carbonyl (C=O) groups excluding carboxylic acids is 2. The first-order chi connectivity index (χ1) is 15.2. The number of amides is 2. The summed E-state index contributed by atoms with van der Waals surface area (Å²) in [6, 6.07) is 7.07. The summed E-state index contributed by atoms with van der Waals surface area (Å²) in [5.41, 5.74) is 6.73. The number of fused-ring (bicyclic) bond motifs is 2. The summed E-state index contributed by atoms with van der Waals surface area (Å²) in [5.74, 6) is 0.320. The molecular weight excluding hydrogens is 426 g/mol. The van der Waals surface area contributed by atoms with E-state index in [1.54, 1.807) is 24.4 Å². The van der Waals surface area contributed by atoms with Crippen LogP contribution < -0.4 is 21.3 Å². The van der Waals surface area contributed by atoms with Gasteiger partial charge >= 0.3 is 0 Å². The number of nitrogens with zero attached hydrogens (tertiary/aromatic N) is 1. The second-order valence-electron chi connectivity index (χ2n) is 8.63. The van der Waals surface area contributed by atoms with E-state index in [1.165, 1.54) is 15.9 Å². The van der Waals surface area contributed by atoms with Crippen molar-refractivity contribution in [3.8, 4) is 5.75 Å². The van der Waals surface area contributed by atoms with E-state index in [-0.39, 0.29) is 24.1 Å². The molecule has 4 rings (SSSR count). The monoisotopic (exact) mass is 453 g/mol. The van der Waals surface area contributed by atoms with Crippen molar-refractivity contribution in [3.05, 3.63) is 56.8 Å². The number of nitrogens with two attached hydrogens (primary N) is 1. The van der Waals surface area contributed by atoms with Gasteiger partial charge in [-0.3, -0.25) is 14.4 Å². The van der Waals surface area contributed by atoms with Crippen LogP contribution in [0, 0.1) is 5.92 Å². The predicted molar refractivity (Wildman–Crippen MR) is 127 cm³/mol. The molecule has 0 bridgehead atoms. The van der Waals surface area contributed by atoms with Gasteiger partial charge in [-0.05, 0) is 74.2 Å². The van der Waals surface area contributed by atoms with Crippen molar-refractivity contribution in [2.24, 2.45) is 11.7 Å². The largest absolute Gasteiger partial charge is 0.491 e. The minimum atomic E-state index is -0.533. The topological polar surface area (TPSA) is 103 Å². The van der Waals surface area contributed by atoms with Crippen molar-refractivity contribution in [2.75, 3.05) is 5.32 Å². The van der Waals surface area contributed by atoms with Gasteiger partial charge in [0.25, 0.3) is 11.5 Å². The zero-order chi connectivity index (χ0) is 23.0. The van der Waals surface area contributed by atoms with Gasteiger partial charge in [-0.15, -0.1) is 11.3 Å². The van der Waals surface area contributed by atoms with Crippen LogP contribution in [0.4, 0.5) is 5.00 Å². The number of hydrogen-bond donors (Lipinski definition) is 2. The van der Waals surface area contributed by atoms with Gasteiger partial charge in [0, 0.05) is 16.5 Å². The van der Waals surface area contributed by atoms with Gasteiger partial charge < -0.3 is 20.4 Å². The molecule has 1 aliphatic rings.